The van der Waals surface area contributed by atoms with E-state index in [0.29, 0.717) is 5.92 Å². The number of rotatable bonds is 4. The summed E-state index contributed by atoms with van der Waals surface area (Å²) in [5.74, 6) is 1.44. The molecule has 1 aliphatic rings. The highest BCUT2D eigenvalue weighted by Gasteiger charge is 2.25. The van der Waals surface area contributed by atoms with Gasteiger partial charge in [-0.05, 0) is 51.8 Å². The van der Waals surface area contributed by atoms with Crippen LogP contribution in [0.5, 0.6) is 0 Å². The van der Waals surface area contributed by atoms with Gasteiger partial charge in [-0.25, -0.2) is 4.68 Å². The Morgan fingerprint density at radius 1 is 1.20 bits per heavy atom. The van der Waals surface area contributed by atoms with Crippen molar-refractivity contribution in [1.82, 2.24) is 25.3 Å². The quantitative estimate of drug-likeness (QED) is 0.928. The Bertz CT molecular complexity index is 575. The fraction of sp³-hybridized carbons (Fsp3) is 0.533. The van der Waals surface area contributed by atoms with Gasteiger partial charge in [0.2, 0.25) is 0 Å². The van der Waals surface area contributed by atoms with Crippen molar-refractivity contribution in [2.45, 2.75) is 51.6 Å². The normalized spacial score (nSPS) is 15.6. The third-order valence-electron chi connectivity index (χ3n) is 3.35. The van der Waals surface area contributed by atoms with Crippen LogP contribution in [-0.4, -0.2) is 25.5 Å². The molecule has 0 unspecified atom stereocenters. The summed E-state index contributed by atoms with van der Waals surface area (Å²) >= 11 is 0. The van der Waals surface area contributed by atoms with Crippen LogP contribution in [0.1, 0.15) is 50.9 Å². The lowest BCUT2D eigenvalue weighted by molar-refractivity contribution is 0.420. The van der Waals surface area contributed by atoms with Crippen LogP contribution in [0.25, 0.3) is 5.82 Å². The molecule has 0 bridgehead atoms. The van der Waals surface area contributed by atoms with E-state index in [1.807, 2.05) is 23.0 Å². The van der Waals surface area contributed by atoms with E-state index in [-0.39, 0.29) is 5.54 Å². The first-order valence-electron chi connectivity index (χ1n) is 7.15. The average molecular weight is 271 g/mol. The van der Waals surface area contributed by atoms with Crippen molar-refractivity contribution in [3.63, 3.8) is 0 Å². The first kappa shape index (κ1) is 13.2. The fourth-order valence-corrected chi connectivity index (χ4v) is 1.99. The van der Waals surface area contributed by atoms with Crippen molar-refractivity contribution in [1.29, 1.82) is 0 Å². The zero-order chi connectivity index (χ0) is 14.2. The van der Waals surface area contributed by atoms with Gasteiger partial charge in [0.1, 0.15) is 0 Å². The summed E-state index contributed by atoms with van der Waals surface area (Å²) in [6.45, 7) is 7.14. The summed E-state index contributed by atoms with van der Waals surface area (Å²) in [4.78, 5) is 0. The highest BCUT2D eigenvalue weighted by Crippen LogP contribution is 2.38. The maximum Gasteiger partial charge on any atom is 0.175 e. The number of nitrogens with one attached hydrogen (secondary N) is 1. The SMILES string of the molecule is CC(C)(C)NCc1ccc(-n2ccc(C3CC3)n2)nn1. The van der Waals surface area contributed by atoms with Gasteiger partial charge in [-0.3, -0.25) is 0 Å². The maximum absolute atomic E-state index is 4.56. The number of aromatic nitrogens is 4. The molecule has 2 heterocycles. The molecule has 1 fully saturated rings. The highest BCUT2D eigenvalue weighted by molar-refractivity contribution is 5.23. The Kier molecular flexibility index (Phi) is 3.30. The topological polar surface area (TPSA) is 55.6 Å². The van der Waals surface area contributed by atoms with Crippen molar-refractivity contribution >= 4 is 0 Å². The van der Waals surface area contributed by atoms with Crippen LogP contribution < -0.4 is 5.32 Å². The van der Waals surface area contributed by atoms with E-state index in [4.69, 9.17) is 0 Å². The van der Waals surface area contributed by atoms with Crippen LogP contribution in [0.2, 0.25) is 0 Å². The predicted octanol–water partition coefficient (Wildman–Crippen LogP) is 2.43. The second-order valence-electron chi connectivity index (χ2n) is 6.45. The molecule has 20 heavy (non-hydrogen) atoms. The Balaban J connectivity index is 1.68. The average Bonchev–Trinajstić information content (AvgIpc) is 3.14. The molecule has 1 aliphatic carbocycles. The van der Waals surface area contributed by atoms with E-state index < -0.39 is 0 Å². The molecule has 0 spiro atoms. The molecule has 0 aliphatic heterocycles. The second-order valence-corrected chi connectivity index (χ2v) is 6.45. The van der Waals surface area contributed by atoms with Crippen molar-refractivity contribution in [3.05, 3.63) is 35.8 Å². The molecule has 1 N–H and O–H groups in total. The van der Waals surface area contributed by atoms with E-state index in [0.717, 1.165) is 18.1 Å². The predicted molar refractivity (Wildman–Crippen MR) is 77.7 cm³/mol. The van der Waals surface area contributed by atoms with Crippen molar-refractivity contribution in [2.24, 2.45) is 0 Å². The van der Waals surface area contributed by atoms with Gasteiger partial charge in [-0.2, -0.15) is 10.2 Å². The van der Waals surface area contributed by atoms with Crippen molar-refractivity contribution in [2.75, 3.05) is 0 Å². The van der Waals surface area contributed by atoms with Crippen LogP contribution in [0.15, 0.2) is 24.4 Å². The largest absolute Gasteiger partial charge is 0.306 e. The molecule has 3 rings (SSSR count). The fourth-order valence-electron chi connectivity index (χ4n) is 1.99. The summed E-state index contributed by atoms with van der Waals surface area (Å²) in [7, 11) is 0. The third-order valence-corrected chi connectivity index (χ3v) is 3.35. The summed E-state index contributed by atoms with van der Waals surface area (Å²) in [5.41, 5.74) is 2.20. The van der Waals surface area contributed by atoms with Gasteiger partial charge >= 0.3 is 0 Å². The number of hydrogen-bond acceptors (Lipinski definition) is 4. The van der Waals surface area contributed by atoms with Gasteiger partial charge in [-0.1, -0.05) is 0 Å². The van der Waals surface area contributed by atoms with E-state index in [1.54, 1.807) is 0 Å². The standard InChI is InChI=1S/C15H21N5/c1-15(2,3)16-10-12-6-7-14(18-17-12)20-9-8-13(19-20)11-4-5-11/h6-9,11,16H,4-5,10H2,1-3H3. The second kappa shape index (κ2) is 4.98. The van der Waals surface area contributed by atoms with E-state index in [2.05, 4.69) is 47.5 Å². The molecular formula is C15H21N5. The van der Waals surface area contributed by atoms with Gasteiger partial charge in [0.15, 0.2) is 5.82 Å². The third kappa shape index (κ3) is 3.22. The minimum absolute atomic E-state index is 0.0848. The van der Waals surface area contributed by atoms with Crippen LogP contribution in [0, 0.1) is 0 Å². The monoisotopic (exact) mass is 271 g/mol. The lowest BCUT2D eigenvalue weighted by Gasteiger charge is -2.19. The highest BCUT2D eigenvalue weighted by atomic mass is 15.3. The van der Waals surface area contributed by atoms with Gasteiger partial charge in [0.25, 0.3) is 0 Å². The van der Waals surface area contributed by atoms with Gasteiger partial charge in [-0.15, -0.1) is 5.10 Å². The number of hydrogen-bond donors (Lipinski definition) is 1. The molecule has 0 amide bonds. The van der Waals surface area contributed by atoms with E-state index in [9.17, 15) is 0 Å². The lowest BCUT2D eigenvalue weighted by atomic mass is 10.1. The zero-order valence-electron chi connectivity index (χ0n) is 12.3. The van der Waals surface area contributed by atoms with E-state index in [1.165, 1.54) is 18.5 Å². The molecule has 0 atom stereocenters. The molecule has 1 saturated carbocycles. The van der Waals surface area contributed by atoms with Gasteiger partial charge in [0, 0.05) is 24.2 Å². The molecule has 2 aromatic heterocycles. The number of nitrogens with zero attached hydrogens (tertiary/aromatic N) is 4. The lowest BCUT2D eigenvalue weighted by Crippen LogP contribution is -2.35. The minimum Gasteiger partial charge on any atom is -0.306 e. The Labute approximate surface area is 119 Å². The summed E-state index contributed by atoms with van der Waals surface area (Å²) in [6, 6.07) is 6.05. The Morgan fingerprint density at radius 2 is 2.00 bits per heavy atom. The molecular weight excluding hydrogens is 250 g/mol. The van der Waals surface area contributed by atoms with E-state index >= 15 is 0 Å². The smallest absolute Gasteiger partial charge is 0.175 e. The van der Waals surface area contributed by atoms with Gasteiger partial charge in [0.05, 0.1) is 11.4 Å². The molecule has 0 saturated heterocycles. The molecule has 0 aromatic carbocycles. The molecule has 5 nitrogen and oxygen atoms in total. The molecule has 5 heteroatoms. The Hall–Kier alpha value is -1.75. The summed E-state index contributed by atoms with van der Waals surface area (Å²) in [6.07, 6.45) is 4.49. The molecule has 106 valence electrons. The first-order valence-corrected chi connectivity index (χ1v) is 7.15. The van der Waals surface area contributed by atoms with Crippen molar-refractivity contribution < 1.29 is 0 Å². The zero-order valence-corrected chi connectivity index (χ0v) is 12.3. The maximum atomic E-state index is 4.56. The first-order chi connectivity index (χ1) is 9.51. The summed E-state index contributed by atoms with van der Waals surface area (Å²) in [5, 5.41) is 16.5. The molecule has 2 aromatic rings. The molecule has 0 radical (unpaired) electrons. The Morgan fingerprint density at radius 3 is 2.60 bits per heavy atom. The van der Waals surface area contributed by atoms with Crippen LogP contribution >= 0.6 is 0 Å². The van der Waals surface area contributed by atoms with Crippen LogP contribution in [0.3, 0.4) is 0 Å². The van der Waals surface area contributed by atoms with Gasteiger partial charge < -0.3 is 5.32 Å². The minimum atomic E-state index is 0.0848. The van der Waals surface area contributed by atoms with Crippen molar-refractivity contribution in [3.8, 4) is 5.82 Å². The van der Waals surface area contributed by atoms with Crippen LogP contribution in [0.4, 0.5) is 0 Å². The van der Waals surface area contributed by atoms with Crippen LogP contribution in [-0.2, 0) is 6.54 Å². The summed E-state index contributed by atoms with van der Waals surface area (Å²) < 4.78 is 1.81.